The van der Waals surface area contributed by atoms with Gasteiger partial charge in [0.15, 0.2) is 0 Å². The fourth-order valence-electron chi connectivity index (χ4n) is 5.11. The second-order valence-electron chi connectivity index (χ2n) is 12.5. The van der Waals surface area contributed by atoms with E-state index in [-0.39, 0.29) is 36.8 Å². The van der Waals surface area contributed by atoms with Crippen molar-refractivity contribution in [1.29, 1.82) is 0 Å². The van der Waals surface area contributed by atoms with E-state index in [1.54, 1.807) is 13.0 Å². The molecule has 0 radical (unpaired) electrons. The first-order valence-electron chi connectivity index (χ1n) is 14.6. The maximum Gasteiger partial charge on any atom is 0.573 e. The predicted octanol–water partition coefficient (Wildman–Crippen LogP) is 3.25. The molecule has 1 saturated heterocycles. The largest absolute Gasteiger partial charge is 0.573 e. The molecule has 4 N–H and O–H groups in total. The average molecular weight is 611 g/mol. The predicted molar refractivity (Wildman–Crippen MR) is 151 cm³/mol. The van der Waals surface area contributed by atoms with Crippen molar-refractivity contribution in [3.8, 4) is 5.75 Å². The van der Waals surface area contributed by atoms with Crippen molar-refractivity contribution >= 4 is 29.4 Å². The quantitative estimate of drug-likeness (QED) is 0.238. The number of nitrogens with one attached hydrogen (secondary N) is 4. The molecule has 1 aromatic carbocycles. The highest BCUT2D eigenvalue weighted by Crippen LogP contribution is 2.34. The number of halogens is 3. The molecule has 1 unspecified atom stereocenters. The number of carbonyl (C=O) groups is 5. The van der Waals surface area contributed by atoms with Crippen molar-refractivity contribution in [3.63, 3.8) is 0 Å². The Labute approximate surface area is 249 Å². The molecule has 43 heavy (non-hydrogen) atoms. The summed E-state index contributed by atoms with van der Waals surface area (Å²) in [6.45, 7) is 7.71. The van der Waals surface area contributed by atoms with E-state index in [2.05, 4.69) is 26.0 Å². The van der Waals surface area contributed by atoms with Gasteiger partial charge in [-0.1, -0.05) is 45.9 Å². The van der Waals surface area contributed by atoms with Crippen LogP contribution in [-0.4, -0.2) is 60.4 Å². The highest BCUT2D eigenvalue weighted by Gasteiger charge is 2.38. The molecular weight excluding hydrogens is 569 g/mol. The van der Waals surface area contributed by atoms with Gasteiger partial charge in [0.2, 0.25) is 23.5 Å². The van der Waals surface area contributed by atoms with Gasteiger partial charge < -0.3 is 26.0 Å². The molecule has 0 aromatic heterocycles. The Hall–Kier alpha value is -3.64. The van der Waals surface area contributed by atoms with E-state index in [0.717, 1.165) is 12.8 Å². The van der Waals surface area contributed by atoms with Gasteiger partial charge in [0, 0.05) is 24.9 Å². The highest BCUT2D eigenvalue weighted by atomic mass is 19.4. The zero-order chi connectivity index (χ0) is 31.9. The molecule has 1 aromatic rings. The number of para-hydroxylation sites is 1. The summed E-state index contributed by atoms with van der Waals surface area (Å²) in [5, 5.41) is 10.6. The maximum atomic E-state index is 13.6. The molecule has 0 spiro atoms. The normalized spacial score (nSPS) is 19.0. The minimum Gasteiger partial charge on any atom is -0.405 e. The Balaban J connectivity index is 1.76. The van der Waals surface area contributed by atoms with E-state index >= 15 is 0 Å². The molecule has 2 fully saturated rings. The second-order valence-corrected chi connectivity index (χ2v) is 12.5. The Morgan fingerprint density at radius 1 is 1.02 bits per heavy atom. The van der Waals surface area contributed by atoms with Crippen LogP contribution in [0.5, 0.6) is 5.75 Å². The Bertz CT molecular complexity index is 1200. The summed E-state index contributed by atoms with van der Waals surface area (Å²) in [7, 11) is 0. The molecule has 4 atom stereocenters. The molecule has 2 aliphatic rings. The summed E-state index contributed by atoms with van der Waals surface area (Å²) in [6.07, 6.45) is -2.77. The van der Waals surface area contributed by atoms with Gasteiger partial charge in [-0.2, -0.15) is 0 Å². The van der Waals surface area contributed by atoms with Crippen molar-refractivity contribution in [3.05, 3.63) is 29.8 Å². The third-order valence-electron chi connectivity index (χ3n) is 7.43. The average Bonchev–Trinajstić information content (AvgIpc) is 3.63. The zero-order valence-corrected chi connectivity index (χ0v) is 24.9. The smallest absolute Gasteiger partial charge is 0.405 e. The van der Waals surface area contributed by atoms with Gasteiger partial charge in [-0.15, -0.1) is 13.2 Å². The van der Waals surface area contributed by atoms with E-state index in [1.165, 1.54) is 18.2 Å². The summed E-state index contributed by atoms with van der Waals surface area (Å²) in [5.74, 6) is -4.87. The van der Waals surface area contributed by atoms with Gasteiger partial charge in [-0.3, -0.25) is 24.0 Å². The third-order valence-corrected chi connectivity index (χ3v) is 7.43. The van der Waals surface area contributed by atoms with Crippen molar-refractivity contribution in [2.75, 3.05) is 6.54 Å². The fraction of sp³-hybridized carbons (Fsp3) is 0.633. The minimum atomic E-state index is -4.91. The molecular formula is C30H41F3N4O6. The number of ketones is 1. The minimum absolute atomic E-state index is 0.0709. The van der Waals surface area contributed by atoms with Crippen LogP contribution in [0.1, 0.15) is 84.1 Å². The van der Waals surface area contributed by atoms with E-state index < -0.39 is 65.0 Å². The number of hydrogen-bond donors (Lipinski definition) is 4. The molecule has 1 aliphatic carbocycles. The van der Waals surface area contributed by atoms with Crippen LogP contribution in [0, 0.1) is 11.3 Å². The number of amides is 4. The van der Waals surface area contributed by atoms with Crippen LogP contribution in [0.15, 0.2) is 24.3 Å². The van der Waals surface area contributed by atoms with E-state index in [4.69, 9.17) is 0 Å². The third kappa shape index (κ3) is 10.9. The Kier molecular flexibility index (Phi) is 11.2. The lowest BCUT2D eigenvalue weighted by molar-refractivity contribution is -0.275. The molecule has 13 heteroatoms. The number of alkyl halides is 3. The van der Waals surface area contributed by atoms with E-state index in [9.17, 15) is 37.1 Å². The van der Waals surface area contributed by atoms with Crippen LogP contribution in [0.25, 0.3) is 0 Å². The monoisotopic (exact) mass is 610 g/mol. The molecule has 1 saturated carbocycles. The van der Waals surface area contributed by atoms with Crippen molar-refractivity contribution in [2.45, 2.75) is 103 Å². The first-order valence-corrected chi connectivity index (χ1v) is 14.6. The standard InChI is InChI=1S/C30H41F3N4O6/c1-5-17(20-8-6-7-9-23(20)43-30(31,32)33)15-24(38)36-22(16-29(2,3)4)27(41)37-21(14-18-12-13-34-26(18)40)25(39)28(42)35-19-10-11-19/h6-9,17-19,21-22H,5,10-16H2,1-4H3,(H,34,40)(H,35,42)(H,36,38)(H,37,41)/t17-,18-,21?,22-/m0/s1. The van der Waals surface area contributed by atoms with Gasteiger partial charge in [-0.05, 0) is 61.5 Å². The van der Waals surface area contributed by atoms with Crippen molar-refractivity contribution in [2.24, 2.45) is 11.3 Å². The van der Waals surface area contributed by atoms with E-state index in [0.29, 0.717) is 19.4 Å². The van der Waals surface area contributed by atoms with Crippen LogP contribution in [-0.2, 0) is 24.0 Å². The zero-order valence-electron chi connectivity index (χ0n) is 24.9. The number of rotatable bonds is 14. The summed E-state index contributed by atoms with van der Waals surface area (Å²) in [5.41, 5.74) is -0.252. The van der Waals surface area contributed by atoms with Crippen LogP contribution < -0.4 is 26.0 Å². The van der Waals surface area contributed by atoms with E-state index in [1.807, 2.05) is 20.8 Å². The number of ether oxygens (including phenoxy) is 1. The van der Waals surface area contributed by atoms with Crippen LogP contribution in [0.2, 0.25) is 0 Å². The molecule has 1 heterocycles. The SMILES string of the molecule is CC[C@@H](CC(=O)N[C@@H](CC(C)(C)C)C(=O)NC(C[C@@H]1CCNC1=O)C(=O)C(=O)NC1CC1)c1ccccc1OC(F)(F)F. The van der Waals surface area contributed by atoms with Crippen molar-refractivity contribution < 1.29 is 41.9 Å². The summed E-state index contributed by atoms with van der Waals surface area (Å²) in [6, 6.07) is 3.10. The maximum absolute atomic E-state index is 13.6. The van der Waals surface area contributed by atoms with Crippen LogP contribution in [0.3, 0.4) is 0 Å². The lowest BCUT2D eigenvalue weighted by Gasteiger charge is -2.29. The van der Waals surface area contributed by atoms with Gasteiger partial charge in [0.25, 0.3) is 5.91 Å². The molecule has 1 aliphatic heterocycles. The van der Waals surface area contributed by atoms with Gasteiger partial charge in [-0.25, -0.2) is 0 Å². The lowest BCUT2D eigenvalue weighted by atomic mass is 9.87. The Morgan fingerprint density at radius 2 is 1.70 bits per heavy atom. The molecule has 238 valence electrons. The summed E-state index contributed by atoms with van der Waals surface area (Å²) < 4.78 is 43.1. The van der Waals surface area contributed by atoms with Crippen LogP contribution in [0.4, 0.5) is 13.2 Å². The second kappa shape index (κ2) is 14.2. The van der Waals surface area contributed by atoms with Gasteiger partial charge in [0.05, 0.1) is 6.04 Å². The number of hydrogen-bond acceptors (Lipinski definition) is 6. The first kappa shape index (κ1) is 33.9. The van der Waals surface area contributed by atoms with Crippen LogP contribution >= 0.6 is 0 Å². The fourth-order valence-corrected chi connectivity index (χ4v) is 5.11. The summed E-state index contributed by atoms with van der Waals surface area (Å²) >= 11 is 0. The number of Topliss-reactive ketones (excluding diaryl/α,β-unsaturated/α-hetero) is 1. The molecule has 0 bridgehead atoms. The number of carbonyl (C=O) groups excluding carboxylic acids is 5. The highest BCUT2D eigenvalue weighted by molar-refractivity contribution is 6.38. The Morgan fingerprint density at radius 3 is 2.26 bits per heavy atom. The molecule has 3 rings (SSSR count). The van der Waals surface area contributed by atoms with Crippen molar-refractivity contribution in [1.82, 2.24) is 21.3 Å². The topological polar surface area (TPSA) is 143 Å². The summed E-state index contributed by atoms with van der Waals surface area (Å²) in [4.78, 5) is 64.7. The van der Waals surface area contributed by atoms with Gasteiger partial charge in [0.1, 0.15) is 11.8 Å². The first-order chi connectivity index (χ1) is 20.1. The molecule has 4 amide bonds. The lowest BCUT2D eigenvalue weighted by Crippen LogP contribution is -2.55. The van der Waals surface area contributed by atoms with Gasteiger partial charge >= 0.3 is 6.36 Å². The number of benzene rings is 1. The molecule has 10 nitrogen and oxygen atoms in total.